The molecule has 6 heteroatoms. The van der Waals surface area contributed by atoms with E-state index in [1.807, 2.05) is 0 Å². The van der Waals surface area contributed by atoms with E-state index in [2.05, 4.69) is 19.3 Å². The zero-order chi connectivity index (χ0) is 9.33. The van der Waals surface area contributed by atoms with Crippen LogP contribution in [0, 0.1) is 10.2 Å². The summed E-state index contributed by atoms with van der Waals surface area (Å²) < 4.78 is 34.0. The smallest absolute Gasteiger partial charge is 0.0753 e. The first kappa shape index (κ1) is 13.7. The second-order valence-electron chi connectivity index (χ2n) is 1.93. The third kappa shape index (κ3) is 69.2. The van der Waals surface area contributed by atoms with E-state index in [0.29, 0.717) is 0 Å². The van der Waals surface area contributed by atoms with Gasteiger partial charge in [-0.3, -0.25) is 0 Å². The van der Waals surface area contributed by atoms with Gasteiger partial charge in [-0.05, 0) is 6.42 Å². The molecule has 11 heavy (non-hydrogen) atoms. The maximum Gasteiger partial charge on any atom is 0.0753 e. The topological polar surface area (TPSA) is 109 Å². The normalized spacial score (nSPS) is 10.4. The molecule has 0 heterocycles. The first-order valence-corrected chi connectivity index (χ1v) is 4.54. The molecular weight excluding hydrogens is 174 g/mol. The maximum atomic E-state index is 8.49. The summed E-state index contributed by atoms with van der Waals surface area (Å²) in [5, 5.41) is 2.21. The van der Waals surface area contributed by atoms with Crippen LogP contribution >= 0.6 is 0 Å². The first-order chi connectivity index (χ1) is 4.91. The fourth-order valence-electron chi connectivity index (χ4n) is 0.408. The van der Waals surface area contributed by atoms with E-state index in [0.717, 1.165) is 0 Å². The van der Waals surface area contributed by atoms with Crippen LogP contribution in [0.1, 0.15) is 19.8 Å². The average Bonchev–Trinajstić information content (AvgIpc) is 1.79. The zero-order valence-corrected chi connectivity index (χ0v) is 7.47. The quantitative estimate of drug-likeness (QED) is 0.448. The molecule has 0 atom stereocenters. The SMILES string of the molecule is CCCC[NH2+]C.[O-][Cl+3]([O-])([O-])[O-]. The molecule has 0 aromatic rings. The number of rotatable bonds is 3. The summed E-state index contributed by atoms with van der Waals surface area (Å²) in [6.07, 6.45) is 2.68. The monoisotopic (exact) mass is 187 g/mol. The van der Waals surface area contributed by atoms with Crippen LogP contribution < -0.4 is 24.0 Å². The largest absolute Gasteiger partial charge is 0.349 e. The molecule has 0 aromatic carbocycles. The fourth-order valence-corrected chi connectivity index (χ4v) is 0.408. The Labute approximate surface area is 68.4 Å². The van der Waals surface area contributed by atoms with Gasteiger partial charge in [0.2, 0.25) is 0 Å². The van der Waals surface area contributed by atoms with Gasteiger partial charge in [-0.15, -0.1) is 10.2 Å². The Morgan fingerprint density at radius 2 is 1.55 bits per heavy atom. The van der Waals surface area contributed by atoms with Crippen LogP contribution in [-0.4, -0.2) is 13.6 Å². The van der Waals surface area contributed by atoms with Crippen molar-refractivity contribution in [1.29, 1.82) is 0 Å². The number of quaternary nitrogens is 1. The van der Waals surface area contributed by atoms with E-state index >= 15 is 0 Å². The van der Waals surface area contributed by atoms with Gasteiger partial charge in [-0.1, -0.05) is 13.3 Å². The van der Waals surface area contributed by atoms with Gasteiger partial charge in [0.1, 0.15) is 0 Å². The molecule has 0 unspecified atom stereocenters. The standard InChI is InChI=1S/C5H13N.ClHO4/c1-3-4-5-6-2;2-1(3,4)5/h6H,3-5H2,1-2H3;(H,2,3,4,5). The van der Waals surface area contributed by atoms with E-state index in [-0.39, 0.29) is 0 Å². The van der Waals surface area contributed by atoms with Crippen molar-refractivity contribution in [3.63, 3.8) is 0 Å². The van der Waals surface area contributed by atoms with Crippen LogP contribution in [0.4, 0.5) is 0 Å². The Bertz CT molecular complexity index is 65.4. The summed E-state index contributed by atoms with van der Waals surface area (Å²) in [4.78, 5) is 0. The lowest BCUT2D eigenvalue weighted by atomic mass is 10.3. The molecule has 0 bridgehead atoms. The molecule has 0 saturated heterocycles. The van der Waals surface area contributed by atoms with Crippen molar-refractivity contribution in [2.45, 2.75) is 19.8 Å². The Balaban J connectivity index is 0. The number of halogens is 1. The van der Waals surface area contributed by atoms with Crippen molar-refractivity contribution >= 4 is 0 Å². The van der Waals surface area contributed by atoms with Crippen molar-refractivity contribution in [3.8, 4) is 0 Å². The van der Waals surface area contributed by atoms with Gasteiger partial charge in [0, 0.05) is 0 Å². The summed E-state index contributed by atoms with van der Waals surface area (Å²) in [6.45, 7) is 3.50. The third-order valence-corrected chi connectivity index (χ3v) is 0.846. The molecule has 70 valence electrons. The van der Waals surface area contributed by atoms with Crippen molar-refractivity contribution in [1.82, 2.24) is 0 Å². The molecule has 0 aromatic heterocycles. The minimum Gasteiger partial charge on any atom is -0.349 e. The zero-order valence-electron chi connectivity index (χ0n) is 6.71. The molecule has 0 aliphatic heterocycles. The van der Waals surface area contributed by atoms with Crippen molar-refractivity contribution < 1.29 is 34.2 Å². The molecule has 2 N–H and O–H groups in total. The molecule has 0 aliphatic rings. The van der Waals surface area contributed by atoms with Crippen LogP contribution in [-0.2, 0) is 0 Å². The molecule has 0 spiro atoms. The van der Waals surface area contributed by atoms with Crippen LogP contribution in [0.15, 0.2) is 0 Å². The van der Waals surface area contributed by atoms with Crippen LogP contribution in [0.3, 0.4) is 0 Å². The molecule has 0 amide bonds. The molecular formula is C5H14ClNO4. The van der Waals surface area contributed by atoms with Crippen LogP contribution in [0.2, 0.25) is 0 Å². The Morgan fingerprint density at radius 1 is 1.18 bits per heavy atom. The van der Waals surface area contributed by atoms with Gasteiger partial charge in [0.25, 0.3) is 0 Å². The number of hydrogen-bond acceptors (Lipinski definition) is 4. The Hall–Kier alpha value is 0.0900. The molecule has 0 aliphatic carbocycles. The average molecular weight is 188 g/mol. The highest BCUT2D eigenvalue weighted by atomic mass is 35.7. The fraction of sp³-hybridized carbons (Fsp3) is 1.00. The summed E-state index contributed by atoms with van der Waals surface area (Å²) >= 11 is 0. The number of hydrogen-bond donors (Lipinski definition) is 1. The maximum absolute atomic E-state index is 8.49. The first-order valence-electron chi connectivity index (χ1n) is 3.31. The van der Waals surface area contributed by atoms with Gasteiger partial charge in [-0.25, -0.2) is 18.6 Å². The molecule has 0 rings (SSSR count). The van der Waals surface area contributed by atoms with E-state index < -0.39 is 10.2 Å². The highest BCUT2D eigenvalue weighted by Crippen LogP contribution is 1.76. The highest BCUT2D eigenvalue weighted by Gasteiger charge is 1.84. The van der Waals surface area contributed by atoms with Gasteiger partial charge in [-0.2, -0.15) is 0 Å². The lowest BCUT2D eigenvalue weighted by Crippen LogP contribution is -2.79. The van der Waals surface area contributed by atoms with Gasteiger partial charge in [0.15, 0.2) is 0 Å². The predicted molar refractivity (Wildman–Crippen MR) is 27.6 cm³/mol. The van der Waals surface area contributed by atoms with Gasteiger partial charge in [0.05, 0.1) is 13.6 Å². The van der Waals surface area contributed by atoms with Crippen LogP contribution in [0.5, 0.6) is 0 Å². The Morgan fingerprint density at radius 3 is 1.64 bits per heavy atom. The second-order valence-corrected chi connectivity index (χ2v) is 2.68. The second kappa shape index (κ2) is 8.19. The van der Waals surface area contributed by atoms with E-state index in [1.54, 1.807) is 0 Å². The van der Waals surface area contributed by atoms with Crippen molar-refractivity contribution in [2.75, 3.05) is 13.6 Å². The van der Waals surface area contributed by atoms with Gasteiger partial charge >= 0.3 is 0 Å². The number of unbranched alkanes of at least 4 members (excludes halogenated alkanes) is 1. The van der Waals surface area contributed by atoms with Crippen LogP contribution in [0.25, 0.3) is 0 Å². The minimum absolute atomic E-state index is 1.29. The van der Waals surface area contributed by atoms with Gasteiger partial charge < -0.3 is 5.32 Å². The van der Waals surface area contributed by atoms with E-state index in [4.69, 9.17) is 18.6 Å². The molecule has 0 saturated carbocycles. The summed E-state index contributed by atoms with van der Waals surface area (Å²) in [5.74, 6) is 0. The predicted octanol–water partition coefficient (Wildman–Crippen LogP) is -4.78. The summed E-state index contributed by atoms with van der Waals surface area (Å²) in [5.41, 5.74) is 0. The third-order valence-electron chi connectivity index (χ3n) is 0.846. The molecule has 5 nitrogen and oxygen atoms in total. The van der Waals surface area contributed by atoms with Crippen molar-refractivity contribution in [3.05, 3.63) is 0 Å². The minimum atomic E-state index is -4.94. The molecule has 0 radical (unpaired) electrons. The van der Waals surface area contributed by atoms with Crippen molar-refractivity contribution in [2.24, 2.45) is 0 Å². The lowest BCUT2D eigenvalue weighted by Gasteiger charge is -2.17. The summed E-state index contributed by atoms with van der Waals surface area (Å²) in [7, 11) is -2.84. The summed E-state index contributed by atoms with van der Waals surface area (Å²) in [6, 6.07) is 0. The van der Waals surface area contributed by atoms with E-state index in [9.17, 15) is 0 Å². The number of nitrogens with two attached hydrogens (primary N) is 1. The lowest BCUT2D eigenvalue weighted by molar-refractivity contribution is -2.00. The molecule has 0 fully saturated rings. The Kier molecular flexibility index (Phi) is 10.2. The highest BCUT2D eigenvalue weighted by molar-refractivity contribution is 4.23. The van der Waals surface area contributed by atoms with E-state index in [1.165, 1.54) is 19.4 Å².